The van der Waals surface area contributed by atoms with Gasteiger partial charge in [-0.05, 0) is 12.5 Å². The SMILES string of the molecule is CCOC1(O)OC2=C(C(=O)C1c1ccccc1)C(OC)C(=C=O)C(OC)=C2. The summed E-state index contributed by atoms with van der Waals surface area (Å²) < 4.78 is 21.7. The topological polar surface area (TPSA) is 91.3 Å². The summed E-state index contributed by atoms with van der Waals surface area (Å²) in [6.45, 7) is 1.80. The zero-order chi connectivity index (χ0) is 19.6. The molecule has 1 aromatic carbocycles. The fourth-order valence-corrected chi connectivity index (χ4v) is 3.39. The number of ether oxygens (including phenoxy) is 4. The van der Waals surface area contributed by atoms with Crippen molar-refractivity contribution in [1.82, 2.24) is 0 Å². The van der Waals surface area contributed by atoms with Gasteiger partial charge in [0.1, 0.15) is 35.1 Å². The summed E-state index contributed by atoms with van der Waals surface area (Å²) in [6.07, 6.45) is 0.330. The molecule has 0 bridgehead atoms. The molecular formula is C20H20O7. The van der Waals surface area contributed by atoms with E-state index in [9.17, 15) is 14.7 Å². The summed E-state index contributed by atoms with van der Waals surface area (Å²) in [5.74, 6) is -1.88. The Morgan fingerprint density at radius 1 is 1.26 bits per heavy atom. The Morgan fingerprint density at radius 3 is 2.52 bits per heavy atom. The molecule has 7 heteroatoms. The van der Waals surface area contributed by atoms with Crippen molar-refractivity contribution in [2.24, 2.45) is 0 Å². The summed E-state index contributed by atoms with van der Waals surface area (Å²) in [5, 5.41) is 11.0. The quantitative estimate of drug-likeness (QED) is 0.620. The minimum absolute atomic E-state index is 0.0332. The molecule has 0 fully saturated rings. The predicted molar refractivity (Wildman–Crippen MR) is 94.0 cm³/mol. The highest BCUT2D eigenvalue weighted by molar-refractivity contribution is 6.05. The highest BCUT2D eigenvalue weighted by Gasteiger charge is 2.54. The number of ketones is 1. The van der Waals surface area contributed by atoms with Crippen LogP contribution in [0.15, 0.2) is 59.1 Å². The lowest BCUT2D eigenvalue weighted by atomic mass is 9.80. The Bertz CT molecular complexity index is 848. The molecule has 2 aliphatic rings. The highest BCUT2D eigenvalue weighted by Crippen LogP contribution is 2.45. The van der Waals surface area contributed by atoms with Gasteiger partial charge in [0, 0.05) is 13.2 Å². The third-order valence-electron chi connectivity index (χ3n) is 4.52. The van der Waals surface area contributed by atoms with Gasteiger partial charge < -0.3 is 24.1 Å². The van der Waals surface area contributed by atoms with E-state index >= 15 is 0 Å². The smallest absolute Gasteiger partial charge is 0.339 e. The van der Waals surface area contributed by atoms with Gasteiger partial charge in [-0.3, -0.25) is 4.79 Å². The van der Waals surface area contributed by atoms with Gasteiger partial charge in [0.15, 0.2) is 5.78 Å². The molecule has 0 saturated heterocycles. The van der Waals surface area contributed by atoms with Crippen molar-refractivity contribution in [2.75, 3.05) is 20.8 Å². The monoisotopic (exact) mass is 372 g/mol. The molecule has 1 aliphatic heterocycles. The second-order valence-electron chi connectivity index (χ2n) is 6.00. The Hall–Kier alpha value is -2.70. The maximum atomic E-state index is 13.4. The van der Waals surface area contributed by atoms with E-state index in [-0.39, 0.29) is 29.3 Å². The Kier molecular flexibility index (Phi) is 5.30. The molecule has 3 unspecified atom stereocenters. The number of hydrogen-bond acceptors (Lipinski definition) is 7. The van der Waals surface area contributed by atoms with Crippen LogP contribution in [0.5, 0.6) is 0 Å². The third kappa shape index (κ3) is 3.11. The zero-order valence-corrected chi connectivity index (χ0v) is 15.2. The van der Waals surface area contributed by atoms with Crippen molar-refractivity contribution in [3.05, 3.63) is 64.6 Å². The van der Waals surface area contributed by atoms with E-state index in [2.05, 4.69) is 0 Å². The molecule has 3 atom stereocenters. The molecule has 1 aromatic rings. The number of carbonyl (C=O) groups excluding carboxylic acids is 2. The minimum atomic E-state index is -2.21. The van der Waals surface area contributed by atoms with Crippen LogP contribution in [0.2, 0.25) is 0 Å². The lowest BCUT2D eigenvalue weighted by molar-refractivity contribution is -0.352. The molecule has 1 heterocycles. The maximum absolute atomic E-state index is 13.4. The van der Waals surface area contributed by atoms with E-state index in [0.29, 0.717) is 5.56 Å². The van der Waals surface area contributed by atoms with Gasteiger partial charge in [-0.1, -0.05) is 30.3 Å². The van der Waals surface area contributed by atoms with Crippen LogP contribution >= 0.6 is 0 Å². The fourth-order valence-electron chi connectivity index (χ4n) is 3.39. The standard InChI is InChI=1S/C20H20O7/c1-4-26-20(23)17(12-8-6-5-7-9-12)18(22)16-15(27-20)10-14(24-2)13(11-21)19(16)25-3/h5-10,17,19,23H,4H2,1-3H3. The van der Waals surface area contributed by atoms with Gasteiger partial charge in [-0.15, -0.1) is 0 Å². The molecule has 0 spiro atoms. The van der Waals surface area contributed by atoms with Gasteiger partial charge in [-0.2, -0.15) is 0 Å². The second-order valence-corrected chi connectivity index (χ2v) is 6.00. The number of allylic oxidation sites excluding steroid dienone is 1. The molecule has 0 radical (unpaired) electrons. The molecule has 1 aliphatic carbocycles. The van der Waals surface area contributed by atoms with Crippen LogP contribution in [0.25, 0.3) is 0 Å². The third-order valence-corrected chi connectivity index (χ3v) is 4.52. The van der Waals surface area contributed by atoms with E-state index in [1.54, 1.807) is 43.2 Å². The molecule has 7 nitrogen and oxygen atoms in total. The predicted octanol–water partition coefficient (Wildman–Crippen LogP) is 1.62. The second kappa shape index (κ2) is 7.50. The number of rotatable bonds is 5. The highest BCUT2D eigenvalue weighted by atomic mass is 16.8. The first-order valence-electron chi connectivity index (χ1n) is 8.43. The van der Waals surface area contributed by atoms with E-state index in [1.165, 1.54) is 20.3 Å². The van der Waals surface area contributed by atoms with Crippen LogP contribution < -0.4 is 0 Å². The average molecular weight is 372 g/mol. The molecule has 1 N–H and O–H groups in total. The van der Waals surface area contributed by atoms with E-state index in [4.69, 9.17) is 18.9 Å². The van der Waals surface area contributed by atoms with E-state index in [1.807, 2.05) is 0 Å². The van der Waals surface area contributed by atoms with Crippen LogP contribution in [0.4, 0.5) is 0 Å². The van der Waals surface area contributed by atoms with Crippen molar-refractivity contribution >= 4 is 11.7 Å². The van der Waals surface area contributed by atoms with Crippen LogP contribution in [0.1, 0.15) is 18.4 Å². The molecule has 0 saturated carbocycles. The van der Waals surface area contributed by atoms with Gasteiger partial charge in [-0.25, -0.2) is 4.79 Å². The number of methoxy groups -OCH3 is 2. The summed E-state index contributed by atoms with van der Waals surface area (Å²) in [4.78, 5) is 24.9. The van der Waals surface area contributed by atoms with Gasteiger partial charge in [0.25, 0.3) is 0 Å². The average Bonchev–Trinajstić information content (AvgIpc) is 2.67. The lowest BCUT2D eigenvalue weighted by Crippen LogP contribution is -2.51. The van der Waals surface area contributed by atoms with Gasteiger partial charge >= 0.3 is 5.97 Å². The van der Waals surface area contributed by atoms with E-state index in [0.717, 1.165) is 0 Å². The van der Waals surface area contributed by atoms with Crippen molar-refractivity contribution in [3.63, 3.8) is 0 Å². The number of aliphatic hydroxyl groups is 1. The molecule has 3 rings (SSSR count). The molecule has 142 valence electrons. The molecular weight excluding hydrogens is 352 g/mol. The van der Waals surface area contributed by atoms with Crippen molar-refractivity contribution < 1.29 is 33.6 Å². The normalized spacial score (nSPS) is 27.5. The van der Waals surface area contributed by atoms with Crippen LogP contribution in [-0.4, -0.2) is 49.7 Å². The van der Waals surface area contributed by atoms with Crippen molar-refractivity contribution in [1.29, 1.82) is 0 Å². The largest absolute Gasteiger partial charge is 0.495 e. The number of hydrogen-bond donors (Lipinski definition) is 1. The van der Waals surface area contributed by atoms with Crippen molar-refractivity contribution in [3.8, 4) is 0 Å². The molecule has 0 amide bonds. The minimum Gasteiger partial charge on any atom is -0.495 e. The van der Waals surface area contributed by atoms with E-state index < -0.39 is 23.8 Å². The first-order valence-corrected chi connectivity index (χ1v) is 8.43. The number of carbonyl (C=O) groups is 1. The Labute approximate surface area is 156 Å². The Balaban J connectivity index is 2.20. The van der Waals surface area contributed by atoms with Gasteiger partial charge in [0.2, 0.25) is 0 Å². The van der Waals surface area contributed by atoms with Crippen LogP contribution in [-0.2, 0) is 28.5 Å². The Morgan fingerprint density at radius 2 is 1.96 bits per heavy atom. The van der Waals surface area contributed by atoms with Crippen molar-refractivity contribution in [2.45, 2.75) is 24.9 Å². The summed E-state index contributed by atoms with van der Waals surface area (Å²) in [7, 11) is 2.73. The first kappa shape index (κ1) is 19.1. The maximum Gasteiger partial charge on any atom is 0.339 e. The fraction of sp³-hybridized carbons (Fsp3) is 0.350. The zero-order valence-electron chi connectivity index (χ0n) is 15.2. The summed E-state index contributed by atoms with van der Waals surface area (Å²) >= 11 is 0. The number of Topliss-reactive ketones (excluding diaryl/α,β-unsaturated/α-hetero) is 1. The van der Waals surface area contributed by atoms with Gasteiger partial charge in [0.05, 0.1) is 19.3 Å². The molecule has 27 heavy (non-hydrogen) atoms. The van der Waals surface area contributed by atoms with Crippen LogP contribution in [0, 0.1) is 0 Å². The summed E-state index contributed by atoms with van der Waals surface area (Å²) in [6, 6.07) is 8.67. The first-order chi connectivity index (χ1) is 13.0. The number of benzene rings is 1. The lowest BCUT2D eigenvalue weighted by Gasteiger charge is -2.41. The van der Waals surface area contributed by atoms with Crippen LogP contribution in [0.3, 0.4) is 0 Å². The summed E-state index contributed by atoms with van der Waals surface area (Å²) in [5.41, 5.74) is 0.664. The molecule has 0 aromatic heterocycles.